The lowest BCUT2D eigenvalue weighted by molar-refractivity contribution is 0.291. The van der Waals surface area contributed by atoms with Crippen LogP contribution in [0.4, 0.5) is 0 Å². The van der Waals surface area contributed by atoms with Gasteiger partial charge in [0, 0.05) is 10.8 Å². The van der Waals surface area contributed by atoms with E-state index < -0.39 is 10.8 Å². The second kappa shape index (κ2) is 26.2. The maximum absolute atomic E-state index is 2.51. The first-order valence-electron chi connectivity index (χ1n) is 26.6. The zero-order valence-electron chi connectivity index (χ0n) is 40.9. The molecule has 6 aromatic carbocycles. The Morgan fingerprint density at radius 1 is 0.242 bits per heavy atom. The molecule has 0 bridgehead atoms. The van der Waals surface area contributed by atoms with Crippen LogP contribution in [0, 0.1) is 0 Å². The van der Waals surface area contributed by atoms with Gasteiger partial charge in [-0.2, -0.15) is 0 Å². The van der Waals surface area contributed by atoms with Crippen molar-refractivity contribution in [2.45, 2.75) is 166 Å². The summed E-state index contributed by atoms with van der Waals surface area (Å²) in [5.74, 6) is 0. The number of unbranched alkanes of at least 4 members (excludes halogenated alkanes) is 18. The van der Waals surface area contributed by atoms with Gasteiger partial charge in [0.25, 0.3) is 0 Å². The Kier molecular flexibility index (Phi) is 19.4. The lowest BCUT2D eigenvalue weighted by Crippen LogP contribution is -2.53. The molecule has 0 aliphatic heterocycles. The zero-order valence-corrected chi connectivity index (χ0v) is 40.9. The van der Waals surface area contributed by atoms with Gasteiger partial charge in [-0.1, -0.05) is 324 Å². The molecular formula is C66H80. The Morgan fingerprint density at radius 2 is 0.470 bits per heavy atom. The van der Waals surface area contributed by atoms with E-state index in [1.165, 1.54) is 184 Å². The molecule has 0 saturated carbocycles. The molecule has 0 spiro atoms. The minimum Gasteiger partial charge on any atom is -0.0654 e. The van der Waals surface area contributed by atoms with Crippen molar-refractivity contribution in [2.24, 2.45) is 0 Å². The summed E-state index contributed by atoms with van der Waals surface area (Å²) in [6, 6.07) is 70.0. The summed E-state index contributed by atoms with van der Waals surface area (Å²) in [4.78, 5) is 0. The predicted octanol–water partition coefficient (Wildman–Crippen LogP) is 19.7. The van der Waals surface area contributed by atoms with Crippen molar-refractivity contribution in [3.63, 3.8) is 0 Å². The summed E-state index contributed by atoms with van der Waals surface area (Å²) in [6.45, 7) is 4.64. The van der Waals surface area contributed by atoms with Gasteiger partial charge in [-0.05, 0) is 68.5 Å². The van der Waals surface area contributed by atoms with E-state index in [1.807, 2.05) is 0 Å². The number of hydrogen-bond donors (Lipinski definition) is 0. The Morgan fingerprint density at radius 3 is 0.742 bits per heavy atom. The smallest absolute Gasteiger partial charge is 0.0352 e. The Labute approximate surface area is 401 Å². The van der Waals surface area contributed by atoms with Gasteiger partial charge < -0.3 is 0 Å². The van der Waals surface area contributed by atoms with Crippen LogP contribution in [0.2, 0.25) is 0 Å². The van der Waals surface area contributed by atoms with Crippen LogP contribution in [0.25, 0.3) is 22.3 Å². The van der Waals surface area contributed by atoms with Crippen LogP contribution in [0.3, 0.4) is 0 Å². The second-order valence-corrected chi connectivity index (χ2v) is 19.4. The van der Waals surface area contributed by atoms with Gasteiger partial charge in [-0.25, -0.2) is 0 Å². The molecule has 0 amide bonds. The summed E-state index contributed by atoms with van der Waals surface area (Å²) in [7, 11) is 0. The van der Waals surface area contributed by atoms with Gasteiger partial charge in [-0.3, -0.25) is 0 Å². The van der Waals surface area contributed by atoms with Gasteiger partial charge in [0.15, 0.2) is 0 Å². The normalized spacial score (nSPS) is 17.4. The van der Waals surface area contributed by atoms with Crippen molar-refractivity contribution < 1.29 is 0 Å². The highest BCUT2D eigenvalue weighted by atomic mass is 14.6. The van der Waals surface area contributed by atoms with E-state index in [2.05, 4.69) is 196 Å². The molecule has 0 heterocycles. The molecule has 2 atom stereocenters. The molecule has 6 aromatic rings. The van der Waals surface area contributed by atoms with Crippen molar-refractivity contribution >= 4 is 22.3 Å². The maximum atomic E-state index is 2.51. The highest BCUT2D eigenvalue weighted by Gasteiger charge is 2.60. The third-order valence-electron chi connectivity index (χ3n) is 14.9. The highest BCUT2D eigenvalue weighted by Crippen LogP contribution is 2.69. The molecule has 66 heavy (non-hydrogen) atoms. The minimum absolute atomic E-state index is 0.426. The van der Waals surface area contributed by atoms with Crippen molar-refractivity contribution in [2.75, 3.05) is 0 Å². The molecule has 0 heteroatoms. The number of allylic oxidation sites excluding steroid dienone is 4. The third-order valence-corrected chi connectivity index (χ3v) is 14.9. The van der Waals surface area contributed by atoms with Crippen LogP contribution >= 0.6 is 0 Å². The van der Waals surface area contributed by atoms with Crippen molar-refractivity contribution in [3.05, 3.63) is 215 Å². The molecule has 0 radical (unpaired) electrons. The molecule has 7 rings (SSSR count). The van der Waals surface area contributed by atoms with E-state index in [0.717, 1.165) is 12.8 Å². The Balaban J connectivity index is 1.51. The second-order valence-electron chi connectivity index (χ2n) is 19.4. The Bertz CT molecular complexity index is 2140. The summed E-state index contributed by atoms with van der Waals surface area (Å²) >= 11 is 0. The maximum Gasteiger partial charge on any atom is 0.0352 e. The van der Waals surface area contributed by atoms with Crippen LogP contribution in [-0.2, 0) is 10.8 Å². The molecule has 0 fully saturated rings. The van der Waals surface area contributed by atoms with Crippen LogP contribution in [0.5, 0.6) is 0 Å². The van der Waals surface area contributed by atoms with Crippen molar-refractivity contribution in [1.29, 1.82) is 0 Å². The SMILES string of the molecule is CCCCCCCCCCCCC1(c2ccccc2)C(c2ccccc2)=C(c2ccccc2)C(c2ccccc2)=C(c2ccccc2)C1(CCCCCCCCCCCC)c1ccccc1. The number of hydrogen-bond acceptors (Lipinski definition) is 0. The van der Waals surface area contributed by atoms with Gasteiger partial charge in [-0.15, -0.1) is 0 Å². The fourth-order valence-corrected chi connectivity index (χ4v) is 11.8. The lowest BCUT2D eigenvalue weighted by atomic mass is 9.43. The summed E-state index contributed by atoms with van der Waals surface area (Å²) in [5, 5.41) is 0. The average Bonchev–Trinajstić information content (AvgIpc) is 3.38. The molecule has 2 unspecified atom stereocenters. The van der Waals surface area contributed by atoms with E-state index in [9.17, 15) is 0 Å². The fraction of sp³-hybridized carbons (Fsp3) is 0.394. The van der Waals surface area contributed by atoms with Crippen LogP contribution < -0.4 is 0 Å². The van der Waals surface area contributed by atoms with E-state index in [4.69, 9.17) is 0 Å². The molecule has 1 aliphatic carbocycles. The van der Waals surface area contributed by atoms with Crippen molar-refractivity contribution in [1.82, 2.24) is 0 Å². The van der Waals surface area contributed by atoms with E-state index >= 15 is 0 Å². The van der Waals surface area contributed by atoms with Gasteiger partial charge in [0.1, 0.15) is 0 Å². The highest BCUT2D eigenvalue weighted by molar-refractivity contribution is 6.27. The first kappa shape index (κ1) is 48.7. The largest absolute Gasteiger partial charge is 0.0654 e. The third kappa shape index (κ3) is 11.7. The molecule has 344 valence electrons. The monoisotopic (exact) mass is 873 g/mol. The lowest BCUT2D eigenvalue weighted by Gasteiger charge is -2.59. The molecule has 0 aromatic heterocycles. The average molecular weight is 873 g/mol. The van der Waals surface area contributed by atoms with Gasteiger partial charge >= 0.3 is 0 Å². The van der Waals surface area contributed by atoms with E-state index in [-0.39, 0.29) is 0 Å². The van der Waals surface area contributed by atoms with Crippen LogP contribution in [-0.4, -0.2) is 0 Å². The molecular weight excluding hydrogens is 793 g/mol. The predicted molar refractivity (Wildman–Crippen MR) is 289 cm³/mol. The topological polar surface area (TPSA) is 0 Å². The van der Waals surface area contributed by atoms with E-state index in [1.54, 1.807) is 0 Å². The molecule has 0 nitrogen and oxygen atoms in total. The van der Waals surface area contributed by atoms with Crippen molar-refractivity contribution in [3.8, 4) is 0 Å². The summed E-state index contributed by atoms with van der Waals surface area (Å²) < 4.78 is 0. The molecule has 0 saturated heterocycles. The minimum atomic E-state index is -0.426. The number of rotatable bonds is 28. The van der Waals surface area contributed by atoms with Gasteiger partial charge in [0.05, 0.1) is 0 Å². The van der Waals surface area contributed by atoms with Crippen LogP contribution in [0.1, 0.15) is 188 Å². The van der Waals surface area contributed by atoms with E-state index in [0.29, 0.717) is 0 Å². The Hall–Kier alpha value is -5.20. The van der Waals surface area contributed by atoms with Crippen LogP contribution in [0.15, 0.2) is 182 Å². The van der Waals surface area contributed by atoms with Gasteiger partial charge in [0.2, 0.25) is 0 Å². The standard InChI is InChI=1S/C66H80/c1-3-5-7-9-11-13-15-17-19-39-53-65(59-49-35-25-36-50-59)63(57-45-31-23-32-46-57)61(55-41-27-21-28-42-55)62(56-43-29-22-30-44-56)64(58-47-33-24-34-48-58)66(65,60-51-37-26-38-52-60)54-40-20-18-16-14-12-10-8-6-4-2/h21-38,41-52H,3-20,39-40,53-54H2,1-2H3. The summed E-state index contributed by atoms with van der Waals surface area (Å²) in [5.41, 5.74) is 12.9. The first-order chi connectivity index (χ1) is 32.8. The first-order valence-corrected chi connectivity index (χ1v) is 26.6. The quantitative estimate of drug-likeness (QED) is 0.0431. The number of benzene rings is 6. The fourth-order valence-electron chi connectivity index (χ4n) is 11.8. The summed E-state index contributed by atoms with van der Waals surface area (Å²) in [6.07, 6.45) is 28.5. The molecule has 1 aliphatic rings. The zero-order chi connectivity index (χ0) is 45.5. The molecule has 0 N–H and O–H groups in total.